The summed E-state index contributed by atoms with van der Waals surface area (Å²) in [7, 11) is 3.49. The minimum absolute atomic E-state index is 0.0119. The molecule has 1 aliphatic rings. The van der Waals surface area contributed by atoms with Gasteiger partial charge in [0.25, 0.3) is 0 Å². The maximum atomic E-state index is 15.9. The number of fused-ring (bicyclic) bond motifs is 1. The molecule has 1 amide bonds. The van der Waals surface area contributed by atoms with Gasteiger partial charge in [0, 0.05) is 66.7 Å². The lowest BCUT2D eigenvalue weighted by Crippen LogP contribution is -2.36. The lowest BCUT2D eigenvalue weighted by molar-refractivity contribution is -0.131. The van der Waals surface area contributed by atoms with E-state index in [0.29, 0.717) is 49.3 Å². The van der Waals surface area contributed by atoms with Gasteiger partial charge in [0.15, 0.2) is 5.82 Å². The monoisotopic (exact) mass is 488 g/mol. The number of hydrogen-bond donors (Lipinski definition) is 2. The van der Waals surface area contributed by atoms with Gasteiger partial charge in [0.2, 0.25) is 5.91 Å². The summed E-state index contributed by atoms with van der Waals surface area (Å²) in [6.45, 7) is 3.34. The fourth-order valence-corrected chi connectivity index (χ4v) is 4.79. The van der Waals surface area contributed by atoms with E-state index in [-0.39, 0.29) is 11.7 Å². The summed E-state index contributed by atoms with van der Waals surface area (Å²) in [5.41, 5.74) is 5.29. The Morgan fingerprint density at radius 1 is 1.22 bits per heavy atom. The second-order valence-electron chi connectivity index (χ2n) is 8.94. The predicted molar refractivity (Wildman–Crippen MR) is 138 cm³/mol. The van der Waals surface area contributed by atoms with Gasteiger partial charge in [0.05, 0.1) is 25.4 Å². The molecule has 9 heteroatoms. The van der Waals surface area contributed by atoms with Crippen molar-refractivity contribution < 1.29 is 13.9 Å². The van der Waals surface area contributed by atoms with Gasteiger partial charge in [-0.1, -0.05) is 11.3 Å². The Bertz CT molecular complexity index is 1440. The van der Waals surface area contributed by atoms with E-state index in [9.17, 15) is 4.79 Å². The molecule has 2 N–H and O–H groups in total. The minimum atomic E-state index is -0.309. The van der Waals surface area contributed by atoms with E-state index in [1.54, 1.807) is 29.1 Å². The molecule has 0 fully saturated rings. The van der Waals surface area contributed by atoms with Crippen molar-refractivity contribution in [2.75, 3.05) is 32.6 Å². The molecular formula is C27H29FN6O2. The van der Waals surface area contributed by atoms with Crippen LogP contribution in [-0.2, 0) is 11.3 Å². The van der Waals surface area contributed by atoms with Crippen molar-refractivity contribution in [3.05, 3.63) is 65.9 Å². The van der Waals surface area contributed by atoms with Crippen LogP contribution < -0.4 is 10.1 Å². The number of methoxy groups -OCH3 is 1. The Morgan fingerprint density at radius 3 is 2.83 bits per heavy atom. The van der Waals surface area contributed by atoms with E-state index < -0.39 is 0 Å². The fourth-order valence-electron chi connectivity index (χ4n) is 4.79. The summed E-state index contributed by atoms with van der Waals surface area (Å²) in [6.07, 6.45) is 6.34. The molecule has 0 radical (unpaired) electrons. The number of H-pyrrole nitrogens is 1. The number of halogens is 1. The van der Waals surface area contributed by atoms with Crippen molar-refractivity contribution in [1.29, 1.82) is 0 Å². The van der Waals surface area contributed by atoms with Crippen molar-refractivity contribution in [3.63, 3.8) is 0 Å². The molecule has 2 aromatic heterocycles. The smallest absolute Gasteiger partial charge is 0.224 e. The first-order chi connectivity index (χ1) is 17.5. The van der Waals surface area contributed by atoms with Gasteiger partial charge >= 0.3 is 0 Å². The molecule has 0 bridgehead atoms. The molecule has 1 aliphatic heterocycles. The third-order valence-electron chi connectivity index (χ3n) is 6.64. The molecular weight excluding hydrogens is 459 g/mol. The van der Waals surface area contributed by atoms with E-state index in [1.165, 1.54) is 0 Å². The zero-order valence-electron chi connectivity index (χ0n) is 20.6. The van der Waals surface area contributed by atoms with E-state index >= 15 is 4.39 Å². The molecule has 0 spiro atoms. The molecule has 2 aromatic carbocycles. The van der Waals surface area contributed by atoms with Gasteiger partial charge < -0.3 is 19.9 Å². The number of carbonyl (C=O) groups excluding carboxylic acids is 1. The Hall–Kier alpha value is -4.14. The summed E-state index contributed by atoms with van der Waals surface area (Å²) in [5.74, 6) is 0.399. The average molecular weight is 489 g/mol. The maximum Gasteiger partial charge on any atom is 0.224 e. The lowest BCUT2D eigenvalue weighted by atomic mass is 9.92. The van der Waals surface area contributed by atoms with Crippen LogP contribution in [0.4, 0.5) is 10.1 Å². The number of hydrogen-bond acceptors (Lipinski definition) is 5. The molecule has 4 aromatic rings. The van der Waals surface area contributed by atoms with E-state index in [1.807, 2.05) is 50.4 Å². The predicted octanol–water partition coefficient (Wildman–Crippen LogP) is 4.63. The summed E-state index contributed by atoms with van der Waals surface area (Å²) in [6, 6.07) is 9.73. The van der Waals surface area contributed by atoms with Gasteiger partial charge in [-0.25, -0.2) is 4.39 Å². The molecule has 5 rings (SSSR count). The van der Waals surface area contributed by atoms with Gasteiger partial charge in [0.1, 0.15) is 5.75 Å². The Labute approximate surface area is 208 Å². The maximum absolute atomic E-state index is 15.9. The molecule has 186 valence electrons. The summed E-state index contributed by atoms with van der Waals surface area (Å²) in [5, 5.41) is 11.6. The molecule has 0 saturated carbocycles. The number of ether oxygens (including phenoxy) is 1. The van der Waals surface area contributed by atoms with Crippen molar-refractivity contribution >= 4 is 28.1 Å². The van der Waals surface area contributed by atoms with Crippen LogP contribution in [0, 0.1) is 12.7 Å². The number of rotatable bonds is 7. The number of aromatic amines is 1. The van der Waals surface area contributed by atoms with E-state index in [2.05, 4.69) is 20.6 Å². The zero-order valence-corrected chi connectivity index (χ0v) is 20.6. The Balaban J connectivity index is 1.51. The largest absolute Gasteiger partial charge is 0.496 e. The van der Waals surface area contributed by atoms with Gasteiger partial charge in [-0.05, 0) is 48.7 Å². The molecule has 0 unspecified atom stereocenters. The summed E-state index contributed by atoms with van der Waals surface area (Å²) >= 11 is 0. The highest BCUT2D eigenvalue weighted by atomic mass is 19.1. The molecule has 0 atom stereocenters. The van der Waals surface area contributed by atoms with Crippen LogP contribution in [0.2, 0.25) is 0 Å². The number of amides is 1. The first-order valence-electron chi connectivity index (χ1n) is 12.0. The number of anilines is 1. The SMILES string of the molecule is CNc1ccc(-c2cc(C3=CCCN(C(=O)CCn4ccnn4)C3)c(F)c3[nH]c(C)cc23)c(OC)c1. The average Bonchev–Trinajstić information content (AvgIpc) is 3.57. The van der Waals surface area contributed by atoms with Crippen molar-refractivity contribution in [1.82, 2.24) is 24.9 Å². The van der Waals surface area contributed by atoms with Crippen molar-refractivity contribution in [3.8, 4) is 16.9 Å². The quantitative estimate of drug-likeness (QED) is 0.396. The number of carbonyl (C=O) groups is 1. The second-order valence-corrected chi connectivity index (χ2v) is 8.94. The van der Waals surface area contributed by atoms with Crippen LogP contribution in [0.5, 0.6) is 5.75 Å². The number of nitrogens with one attached hydrogen (secondary N) is 2. The second kappa shape index (κ2) is 9.85. The lowest BCUT2D eigenvalue weighted by Gasteiger charge is -2.28. The number of aromatic nitrogens is 4. The highest BCUT2D eigenvalue weighted by Crippen LogP contribution is 2.40. The first-order valence-corrected chi connectivity index (χ1v) is 12.0. The van der Waals surface area contributed by atoms with Crippen molar-refractivity contribution in [2.45, 2.75) is 26.3 Å². The van der Waals surface area contributed by atoms with Crippen LogP contribution in [0.3, 0.4) is 0 Å². The topological polar surface area (TPSA) is 88.1 Å². The van der Waals surface area contributed by atoms with E-state index in [4.69, 9.17) is 4.74 Å². The Kier molecular flexibility index (Phi) is 6.45. The van der Waals surface area contributed by atoms with Crippen LogP contribution in [0.15, 0.2) is 48.8 Å². The van der Waals surface area contributed by atoms with Crippen LogP contribution >= 0.6 is 0 Å². The third kappa shape index (κ3) is 4.44. The number of nitrogens with zero attached hydrogens (tertiary/aromatic N) is 4. The summed E-state index contributed by atoms with van der Waals surface area (Å²) < 4.78 is 23.2. The van der Waals surface area contributed by atoms with Crippen LogP contribution in [0.1, 0.15) is 24.1 Å². The molecule has 0 saturated heterocycles. The van der Waals surface area contributed by atoms with Crippen LogP contribution in [-0.4, -0.2) is 58.0 Å². The highest BCUT2D eigenvalue weighted by molar-refractivity contribution is 6.00. The van der Waals surface area contributed by atoms with Gasteiger partial charge in [-0.3, -0.25) is 9.48 Å². The van der Waals surface area contributed by atoms with Crippen molar-refractivity contribution in [2.24, 2.45) is 0 Å². The molecule has 36 heavy (non-hydrogen) atoms. The van der Waals surface area contributed by atoms with Gasteiger partial charge in [-0.15, -0.1) is 5.10 Å². The standard InChI is InChI=1S/C27H29FN6O2/c1-17-13-23-22(20-7-6-19(29-2)14-24(20)36-3)15-21(26(28)27(23)31-17)18-5-4-10-33(16-18)25(35)8-11-34-12-9-30-32-34/h5-7,9,12-15,29,31H,4,8,10-11,16H2,1-3H3. The van der Waals surface area contributed by atoms with Crippen LogP contribution in [0.25, 0.3) is 27.6 Å². The van der Waals surface area contributed by atoms with Gasteiger partial charge in [-0.2, -0.15) is 0 Å². The number of benzene rings is 2. The molecule has 8 nitrogen and oxygen atoms in total. The van der Waals surface area contributed by atoms with E-state index in [0.717, 1.165) is 33.5 Å². The molecule has 3 heterocycles. The summed E-state index contributed by atoms with van der Waals surface area (Å²) in [4.78, 5) is 17.9. The normalized spacial score (nSPS) is 13.7. The third-order valence-corrected chi connectivity index (χ3v) is 6.64. The Morgan fingerprint density at radius 2 is 2.08 bits per heavy atom. The molecule has 0 aliphatic carbocycles. The number of aryl methyl sites for hydroxylation is 2. The zero-order chi connectivity index (χ0) is 25.2. The highest BCUT2D eigenvalue weighted by Gasteiger charge is 2.24. The fraction of sp³-hybridized carbons (Fsp3) is 0.296. The minimum Gasteiger partial charge on any atom is -0.496 e. The first kappa shape index (κ1) is 23.6.